The number of rotatable bonds is 12. The molecule has 2 atom stereocenters. The molecule has 0 radical (unpaired) electrons. The van der Waals surface area contributed by atoms with Gasteiger partial charge in [-0.3, -0.25) is 0 Å². The monoisotopic (exact) mass is 320 g/mol. The molecule has 1 rings (SSSR count). The van der Waals surface area contributed by atoms with Crippen molar-refractivity contribution in [1.29, 1.82) is 0 Å². The Hall–Kier alpha value is -1.32. The maximum absolute atomic E-state index is 6.09. The van der Waals surface area contributed by atoms with Crippen LogP contribution in [0.3, 0.4) is 0 Å². The highest BCUT2D eigenvalue weighted by molar-refractivity contribution is 5.13. The van der Waals surface area contributed by atoms with Gasteiger partial charge in [0.15, 0.2) is 0 Å². The molecule has 0 N–H and O–H groups in total. The quantitative estimate of drug-likeness (QED) is 0.501. The van der Waals surface area contributed by atoms with Crippen molar-refractivity contribution < 1.29 is 14.2 Å². The molecule has 0 fully saturated rings. The molecule has 0 aromatic heterocycles. The lowest BCUT2D eigenvalue weighted by Gasteiger charge is -2.29. The zero-order valence-electron chi connectivity index (χ0n) is 15.1. The molecule has 0 aliphatic rings. The van der Waals surface area contributed by atoms with Crippen molar-refractivity contribution >= 4 is 0 Å². The van der Waals surface area contributed by atoms with E-state index in [1.54, 1.807) is 0 Å². The fourth-order valence-electron chi connectivity index (χ4n) is 2.22. The predicted octanol–water partition coefficient (Wildman–Crippen LogP) is 5.11. The first kappa shape index (κ1) is 19.7. The van der Waals surface area contributed by atoms with Crippen LogP contribution < -0.4 is 0 Å². The van der Waals surface area contributed by atoms with Crippen molar-refractivity contribution in [3.05, 3.63) is 48.7 Å². The van der Waals surface area contributed by atoms with Gasteiger partial charge in [-0.25, -0.2) is 0 Å². The van der Waals surface area contributed by atoms with Crippen LogP contribution in [0.25, 0.3) is 0 Å². The van der Waals surface area contributed by atoms with Gasteiger partial charge in [0.05, 0.1) is 30.7 Å². The summed E-state index contributed by atoms with van der Waals surface area (Å²) in [5.74, 6) is 0. The molecule has 0 saturated carbocycles. The highest BCUT2D eigenvalue weighted by Gasteiger charge is 2.22. The normalized spacial score (nSPS) is 14.3. The average molecular weight is 320 g/mol. The Balaban J connectivity index is 2.44. The summed E-state index contributed by atoms with van der Waals surface area (Å²) >= 11 is 0. The average Bonchev–Trinajstić information content (AvgIpc) is 2.56. The van der Waals surface area contributed by atoms with Gasteiger partial charge in [-0.2, -0.15) is 0 Å². The molecule has 0 bridgehead atoms. The van der Waals surface area contributed by atoms with Gasteiger partial charge in [-0.05, 0) is 45.6 Å². The third-order valence-corrected chi connectivity index (χ3v) is 3.94. The number of benzene rings is 1. The summed E-state index contributed by atoms with van der Waals surface area (Å²) in [5, 5.41) is 0. The molecule has 0 aliphatic carbocycles. The number of ether oxygens (including phenoxy) is 3. The fourth-order valence-corrected chi connectivity index (χ4v) is 2.22. The molecule has 0 heterocycles. The second-order valence-electron chi connectivity index (χ2n) is 6.55. The van der Waals surface area contributed by atoms with E-state index in [0.717, 1.165) is 19.3 Å². The van der Waals surface area contributed by atoms with Crippen LogP contribution in [0.2, 0.25) is 0 Å². The minimum absolute atomic E-state index is 0.0718. The molecule has 0 saturated heterocycles. The SMILES string of the molecule is C=COCC(CCC(C)(C)OCc1ccccc1)OC(C)CC. The van der Waals surface area contributed by atoms with E-state index in [0.29, 0.717) is 13.2 Å². The largest absolute Gasteiger partial charge is 0.499 e. The van der Waals surface area contributed by atoms with Crippen molar-refractivity contribution in [2.45, 2.75) is 71.4 Å². The number of hydrogen-bond donors (Lipinski definition) is 0. The van der Waals surface area contributed by atoms with Gasteiger partial charge >= 0.3 is 0 Å². The van der Waals surface area contributed by atoms with E-state index in [1.165, 1.54) is 11.8 Å². The molecule has 23 heavy (non-hydrogen) atoms. The molecule has 1 aromatic carbocycles. The standard InChI is InChI=1S/C20H32O3/c1-6-17(3)23-19(16-21-7-2)13-14-20(4,5)22-15-18-11-9-8-10-12-18/h7-12,17,19H,2,6,13-16H2,1,3-5H3. The zero-order chi connectivity index (χ0) is 17.1. The molecule has 3 nitrogen and oxygen atoms in total. The maximum atomic E-state index is 6.09. The van der Waals surface area contributed by atoms with E-state index in [4.69, 9.17) is 14.2 Å². The lowest BCUT2D eigenvalue weighted by atomic mass is 9.99. The van der Waals surface area contributed by atoms with Crippen molar-refractivity contribution in [2.75, 3.05) is 6.61 Å². The minimum Gasteiger partial charge on any atom is -0.499 e. The molecule has 0 amide bonds. The summed E-state index contributed by atoms with van der Waals surface area (Å²) in [6, 6.07) is 10.3. The molecule has 0 spiro atoms. The van der Waals surface area contributed by atoms with Gasteiger partial charge in [0, 0.05) is 0 Å². The maximum Gasteiger partial charge on any atom is 0.113 e. The van der Waals surface area contributed by atoms with E-state index in [2.05, 4.69) is 46.4 Å². The second-order valence-corrected chi connectivity index (χ2v) is 6.55. The third kappa shape index (κ3) is 8.77. The molecule has 130 valence electrons. The Kier molecular flexibility index (Phi) is 8.97. The summed E-state index contributed by atoms with van der Waals surface area (Å²) in [6.45, 7) is 13.3. The second kappa shape index (κ2) is 10.5. The van der Waals surface area contributed by atoms with Crippen LogP contribution in [0, 0.1) is 0 Å². The van der Waals surface area contributed by atoms with E-state index in [9.17, 15) is 0 Å². The molecular formula is C20H32O3. The minimum atomic E-state index is -0.193. The number of hydrogen-bond acceptors (Lipinski definition) is 3. The first-order valence-corrected chi connectivity index (χ1v) is 8.52. The highest BCUT2D eigenvalue weighted by Crippen LogP contribution is 2.22. The Morgan fingerprint density at radius 3 is 2.52 bits per heavy atom. The van der Waals surface area contributed by atoms with Crippen molar-refractivity contribution in [1.82, 2.24) is 0 Å². The van der Waals surface area contributed by atoms with Crippen molar-refractivity contribution in [2.24, 2.45) is 0 Å². The molecular weight excluding hydrogens is 288 g/mol. The highest BCUT2D eigenvalue weighted by atomic mass is 16.5. The Labute approximate surface area is 141 Å². The molecule has 3 heteroatoms. The Morgan fingerprint density at radius 1 is 1.22 bits per heavy atom. The van der Waals surface area contributed by atoms with E-state index in [-0.39, 0.29) is 17.8 Å². The Morgan fingerprint density at radius 2 is 1.91 bits per heavy atom. The van der Waals surface area contributed by atoms with Crippen LogP contribution in [-0.2, 0) is 20.8 Å². The van der Waals surface area contributed by atoms with E-state index in [1.807, 2.05) is 18.2 Å². The summed E-state index contributed by atoms with van der Waals surface area (Å²) < 4.78 is 17.5. The third-order valence-electron chi connectivity index (χ3n) is 3.94. The van der Waals surface area contributed by atoms with Crippen LogP contribution in [0.5, 0.6) is 0 Å². The lowest BCUT2D eigenvalue weighted by molar-refractivity contribution is -0.0704. The van der Waals surface area contributed by atoms with Crippen LogP contribution >= 0.6 is 0 Å². The van der Waals surface area contributed by atoms with Gasteiger partial charge in [-0.15, -0.1) is 0 Å². The molecule has 1 aromatic rings. The van der Waals surface area contributed by atoms with Gasteiger partial charge in [0.1, 0.15) is 6.61 Å². The first-order chi connectivity index (χ1) is 11.0. The zero-order valence-corrected chi connectivity index (χ0v) is 15.1. The van der Waals surface area contributed by atoms with Crippen LogP contribution in [0.4, 0.5) is 0 Å². The Bertz CT molecular complexity index is 428. The van der Waals surface area contributed by atoms with E-state index >= 15 is 0 Å². The summed E-state index contributed by atoms with van der Waals surface area (Å²) in [6.07, 6.45) is 4.61. The molecule has 0 aliphatic heterocycles. The fraction of sp³-hybridized carbons (Fsp3) is 0.600. The van der Waals surface area contributed by atoms with Crippen LogP contribution in [0.15, 0.2) is 43.2 Å². The van der Waals surface area contributed by atoms with Gasteiger partial charge in [-0.1, -0.05) is 43.8 Å². The predicted molar refractivity (Wildman–Crippen MR) is 95.3 cm³/mol. The van der Waals surface area contributed by atoms with Crippen LogP contribution in [0.1, 0.15) is 52.5 Å². The van der Waals surface area contributed by atoms with Crippen LogP contribution in [-0.4, -0.2) is 24.4 Å². The van der Waals surface area contributed by atoms with Gasteiger partial charge in [0.25, 0.3) is 0 Å². The van der Waals surface area contributed by atoms with Gasteiger partial charge < -0.3 is 14.2 Å². The topological polar surface area (TPSA) is 27.7 Å². The first-order valence-electron chi connectivity index (χ1n) is 8.52. The van der Waals surface area contributed by atoms with E-state index < -0.39 is 0 Å². The molecule has 2 unspecified atom stereocenters. The summed E-state index contributed by atoms with van der Waals surface area (Å²) in [5.41, 5.74) is 1.00. The van der Waals surface area contributed by atoms with Gasteiger partial charge in [0.2, 0.25) is 0 Å². The smallest absolute Gasteiger partial charge is 0.113 e. The summed E-state index contributed by atoms with van der Waals surface area (Å²) in [4.78, 5) is 0. The van der Waals surface area contributed by atoms with Crippen molar-refractivity contribution in [3.8, 4) is 0 Å². The van der Waals surface area contributed by atoms with Crippen molar-refractivity contribution in [3.63, 3.8) is 0 Å². The lowest BCUT2D eigenvalue weighted by Crippen LogP contribution is -2.30. The summed E-state index contributed by atoms with van der Waals surface area (Å²) in [7, 11) is 0.